The molecule has 4 heteroatoms. The van der Waals surface area contributed by atoms with E-state index in [9.17, 15) is 0 Å². The van der Waals surface area contributed by atoms with Gasteiger partial charge in [-0.2, -0.15) is 0 Å². The van der Waals surface area contributed by atoms with E-state index in [0.29, 0.717) is 6.54 Å². The lowest BCUT2D eigenvalue weighted by atomic mass is 10.2. The summed E-state index contributed by atoms with van der Waals surface area (Å²) in [5.74, 6) is 0.882. The first-order chi connectivity index (χ1) is 6.63. The Labute approximate surface area is 83.8 Å². The maximum atomic E-state index is 7.22. The highest BCUT2D eigenvalue weighted by molar-refractivity contribution is 5.74. The van der Waals surface area contributed by atoms with Gasteiger partial charge in [-0.3, -0.25) is 5.41 Å². The molecule has 1 rings (SSSR count). The fraction of sp³-hybridized carbons (Fsp3) is 0.300. The molecule has 0 bridgehead atoms. The summed E-state index contributed by atoms with van der Waals surface area (Å²) in [6.45, 7) is 0.618. The first-order valence-electron chi connectivity index (χ1n) is 4.31. The summed E-state index contributed by atoms with van der Waals surface area (Å²) in [4.78, 5) is 1.66. The van der Waals surface area contributed by atoms with Crippen molar-refractivity contribution in [2.24, 2.45) is 5.73 Å². The summed E-state index contributed by atoms with van der Waals surface area (Å²) < 4.78 is 5.09. The van der Waals surface area contributed by atoms with E-state index in [-0.39, 0.29) is 5.96 Å². The van der Waals surface area contributed by atoms with Crippen LogP contribution in [0.5, 0.6) is 5.75 Å². The number of nitrogens with zero attached hydrogens (tertiary/aromatic N) is 1. The van der Waals surface area contributed by atoms with Gasteiger partial charge in [-0.05, 0) is 17.7 Å². The molecule has 0 fully saturated rings. The molecule has 1 aromatic rings. The summed E-state index contributed by atoms with van der Waals surface area (Å²) in [5, 5.41) is 7.22. The van der Waals surface area contributed by atoms with Crippen LogP contribution in [0.2, 0.25) is 0 Å². The van der Waals surface area contributed by atoms with Crippen LogP contribution in [0.25, 0.3) is 0 Å². The summed E-state index contributed by atoms with van der Waals surface area (Å²) in [5.41, 5.74) is 6.40. The van der Waals surface area contributed by atoms with E-state index in [1.165, 1.54) is 0 Å². The molecule has 0 spiro atoms. The van der Waals surface area contributed by atoms with Gasteiger partial charge in [0.1, 0.15) is 5.75 Å². The van der Waals surface area contributed by atoms with E-state index in [0.717, 1.165) is 11.3 Å². The Morgan fingerprint density at radius 3 is 2.86 bits per heavy atom. The van der Waals surface area contributed by atoms with Crippen LogP contribution in [-0.2, 0) is 6.54 Å². The highest BCUT2D eigenvalue weighted by Crippen LogP contribution is 2.13. The van der Waals surface area contributed by atoms with Gasteiger partial charge in [0.2, 0.25) is 0 Å². The van der Waals surface area contributed by atoms with E-state index in [1.807, 2.05) is 24.3 Å². The van der Waals surface area contributed by atoms with Gasteiger partial charge in [-0.1, -0.05) is 12.1 Å². The largest absolute Gasteiger partial charge is 0.497 e. The number of guanidine groups is 1. The molecule has 0 radical (unpaired) electrons. The minimum Gasteiger partial charge on any atom is -0.497 e. The first-order valence-corrected chi connectivity index (χ1v) is 4.31. The minimum atomic E-state index is 0.0628. The molecule has 76 valence electrons. The summed E-state index contributed by atoms with van der Waals surface area (Å²) in [6.07, 6.45) is 0. The van der Waals surface area contributed by atoms with Crippen molar-refractivity contribution >= 4 is 5.96 Å². The maximum absolute atomic E-state index is 7.22. The Kier molecular flexibility index (Phi) is 3.34. The van der Waals surface area contributed by atoms with Crippen molar-refractivity contribution in [1.29, 1.82) is 5.41 Å². The Balaban J connectivity index is 2.71. The molecule has 1 aromatic carbocycles. The molecule has 0 amide bonds. The predicted octanol–water partition coefficient (Wildman–Crippen LogP) is 1.02. The zero-order chi connectivity index (χ0) is 10.6. The molecule has 0 aromatic heterocycles. The molecular weight excluding hydrogens is 178 g/mol. The van der Waals surface area contributed by atoms with Crippen LogP contribution in [0.15, 0.2) is 24.3 Å². The molecule has 4 nitrogen and oxygen atoms in total. The molecule has 0 atom stereocenters. The number of methoxy groups -OCH3 is 1. The fourth-order valence-electron chi connectivity index (χ4n) is 1.13. The van der Waals surface area contributed by atoms with Crippen molar-refractivity contribution < 1.29 is 4.74 Å². The van der Waals surface area contributed by atoms with E-state index in [1.54, 1.807) is 19.1 Å². The van der Waals surface area contributed by atoms with E-state index >= 15 is 0 Å². The van der Waals surface area contributed by atoms with Crippen LogP contribution in [-0.4, -0.2) is 25.0 Å². The van der Waals surface area contributed by atoms with E-state index in [2.05, 4.69) is 0 Å². The standard InChI is InChI=1S/C10H15N3O/c1-13(10(11)12)7-8-4-3-5-9(6-8)14-2/h3-6H,7H2,1-2H3,(H3,11,12). The number of hydrogen-bond acceptors (Lipinski definition) is 2. The Morgan fingerprint density at radius 1 is 1.57 bits per heavy atom. The van der Waals surface area contributed by atoms with Crippen LogP contribution in [0.3, 0.4) is 0 Å². The summed E-state index contributed by atoms with van der Waals surface area (Å²) in [6, 6.07) is 7.71. The van der Waals surface area contributed by atoms with Gasteiger partial charge in [0.25, 0.3) is 0 Å². The Morgan fingerprint density at radius 2 is 2.29 bits per heavy atom. The monoisotopic (exact) mass is 193 g/mol. The molecule has 0 saturated carbocycles. The van der Waals surface area contributed by atoms with Crippen LogP contribution in [0, 0.1) is 5.41 Å². The molecule has 0 unspecified atom stereocenters. The molecule has 0 aliphatic heterocycles. The zero-order valence-corrected chi connectivity index (χ0v) is 8.45. The van der Waals surface area contributed by atoms with Crippen LogP contribution < -0.4 is 10.5 Å². The number of rotatable bonds is 3. The van der Waals surface area contributed by atoms with E-state index < -0.39 is 0 Å². The highest BCUT2D eigenvalue weighted by atomic mass is 16.5. The third kappa shape index (κ3) is 2.65. The van der Waals surface area contributed by atoms with Crippen LogP contribution in [0.1, 0.15) is 5.56 Å². The molecule has 14 heavy (non-hydrogen) atoms. The van der Waals surface area contributed by atoms with Gasteiger partial charge >= 0.3 is 0 Å². The van der Waals surface area contributed by atoms with Crippen molar-refractivity contribution in [2.75, 3.05) is 14.2 Å². The third-order valence-corrected chi connectivity index (χ3v) is 1.97. The van der Waals surface area contributed by atoms with Crippen molar-refractivity contribution in [2.45, 2.75) is 6.54 Å². The number of ether oxygens (including phenoxy) is 1. The maximum Gasteiger partial charge on any atom is 0.188 e. The quantitative estimate of drug-likeness (QED) is 0.556. The van der Waals surface area contributed by atoms with Crippen molar-refractivity contribution in [3.05, 3.63) is 29.8 Å². The normalized spacial score (nSPS) is 9.57. The molecular formula is C10H15N3O. The van der Waals surface area contributed by atoms with Crippen molar-refractivity contribution in [1.82, 2.24) is 4.90 Å². The van der Waals surface area contributed by atoms with Gasteiger partial charge in [-0.15, -0.1) is 0 Å². The van der Waals surface area contributed by atoms with Gasteiger partial charge in [0, 0.05) is 13.6 Å². The second-order valence-electron chi connectivity index (χ2n) is 3.09. The Bertz CT molecular complexity index is 325. The zero-order valence-electron chi connectivity index (χ0n) is 8.45. The topological polar surface area (TPSA) is 62.3 Å². The second-order valence-corrected chi connectivity index (χ2v) is 3.09. The number of nitrogens with two attached hydrogens (primary N) is 1. The third-order valence-electron chi connectivity index (χ3n) is 1.97. The lowest BCUT2D eigenvalue weighted by Crippen LogP contribution is -2.32. The van der Waals surface area contributed by atoms with E-state index in [4.69, 9.17) is 15.9 Å². The molecule has 0 saturated heterocycles. The van der Waals surface area contributed by atoms with Gasteiger partial charge in [0.15, 0.2) is 5.96 Å². The summed E-state index contributed by atoms with van der Waals surface area (Å²) >= 11 is 0. The van der Waals surface area contributed by atoms with Crippen molar-refractivity contribution in [3.63, 3.8) is 0 Å². The lowest BCUT2D eigenvalue weighted by molar-refractivity contribution is 0.412. The SMILES string of the molecule is COc1cccc(CN(C)C(=N)N)c1. The Hall–Kier alpha value is -1.71. The average molecular weight is 193 g/mol. The fourth-order valence-corrected chi connectivity index (χ4v) is 1.13. The smallest absolute Gasteiger partial charge is 0.188 e. The average Bonchev–Trinajstić information content (AvgIpc) is 2.18. The van der Waals surface area contributed by atoms with Gasteiger partial charge < -0.3 is 15.4 Å². The minimum absolute atomic E-state index is 0.0628. The number of benzene rings is 1. The van der Waals surface area contributed by atoms with Gasteiger partial charge in [-0.25, -0.2) is 0 Å². The van der Waals surface area contributed by atoms with Crippen molar-refractivity contribution in [3.8, 4) is 5.75 Å². The number of nitrogens with one attached hydrogen (secondary N) is 1. The second kappa shape index (κ2) is 4.50. The predicted molar refractivity (Wildman–Crippen MR) is 56.4 cm³/mol. The lowest BCUT2D eigenvalue weighted by Gasteiger charge is -2.16. The molecule has 0 aliphatic carbocycles. The number of hydrogen-bond donors (Lipinski definition) is 2. The first kappa shape index (κ1) is 10.4. The molecule has 0 heterocycles. The molecule has 0 aliphatic rings. The highest BCUT2D eigenvalue weighted by Gasteiger charge is 2.01. The van der Waals surface area contributed by atoms with Crippen LogP contribution in [0.4, 0.5) is 0 Å². The van der Waals surface area contributed by atoms with Crippen LogP contribution >= 0.6 is 0 Å². The van der Waals surface area contributed by atoms with Gasteiger partial charge in [0.05, 0.1) is 7.11 Å². The molecule has 3 N–H and O–H groups in total. The summed E-state index contributed by atoms with van der Waals surface area (Å²) in [7, 11) is 3.41.